The van der Waals surface area contributed by atoms with E-state index in [4.69, 9.17) is 21.4 Å². The molecule has 9 nitrogen and oxygen atoms in total. The van der Waals surface area contributed by atoms with Gasteiger partial charge in [-0.3, -0.25) is 14.5 Å². The number of allylic oxidation sites excluding steroid dienone is 1. The molecular formula is C26H24ClF2N5O4S. The number of aliphatic imine (C=N–C) groups is 1. The number of methoxy groups -OCH3 is 1. The van der Waals surface area contributed by atoms with Gasteiger partial charge >= 0.3 is 11.9 Å². The highest BCUT2D eigenvalue weighted by atomic mass is 35.5. The molecule has 0 saturated heterocycles. The summed E-state index contributed by atoms with van der Waals surface area (Å²) in [6.07, 6.45) is 5.86. The lowest BCUT2D eigenvalue weighted by Gasteiger charge is -2.32. The number of rotatable bonds is 8. The summed E-state index contributed by atoms with van der Waals surface area (Å²) >= 11 is 7.58. The number of hydrogen-bond donors (Lipinski definition) is 2. The molecule has 0 bridgehead atoms. The van der Waals surface area contributed by atoms with Gasteiger partial charge < -0.3 is 15.2 Å². The average Bonchev–Trinajstić information content (AvgIpc) is 3.60. The average molecular weight is 576 g/mol. The van der Waals surface area contributed by atoms with E-state index in [1.165, 1.54) is 24.5 Å². The van der Waals surface area contributed by atoms with Gasteiger partial charge in [-0.05, 0) is 37.3 Å². The van der Waals surface area contributed by atoms with Crippen molar-refractivity contribution in [1.29, 1.82) is 0 Å². The Morgan fingerprint density at radius 1 is 1.33 bits per heavy atom. The number of nitrogens with zero attached hydrogens (tertiary/aromatic N) is 4. The maximum Gasteiger partial charge on any atom is 0.338 e. The number of benzene rings is 1. The first-order valence-corrected chi connectivity index (χ1v) is 13.5. The fourth-order valence-corrected chi connectivity index (χ4v) is 5.81. The minimum absolute atomic E-state index is 0.0548. The van der Waals surface area contributed by atoms with E-state index in [-0.39, 0.29) is 23.5 Å². The first kappa shape index (κ1) is 26.9. The Balaban J connectivity index is 1.55. The molecule has 0 fully saturated rings. The van der Waals surface area contributed by atoms with Gasteiger partial charge in [-0.15, -0.1) is 11.3 Å². The Morgan fingerprint density at radius 2 is 2.15 bits per heavy atom. The molecule has 0 amide bonds. The van der Waals surface area contributed by atoms with Crippen molar-refractivity contribution < 1.29 is 28.2 Å². The second-order valence-electron chi connectivity index (χ2n) is 9.23. The number of carbonyl (C=O) groups excluding carboxylic acids is 1. The second kappa shape index (κ2) is 11.2. The Bertz CT molecular complexity index is 1490. The number of aliphatic carboxylic acids is 1. The number of ether oxygens (including phenoxy) is 1. The molecule has 2 aliphatic rings. The van der Waals surface area contributed by atoms with Crippen LogP contribution in [0.5, 0.6) is 0 Å². The molecule has 0 spiro atoms. The number of esters is 1. The molecule has 2 N–H and O–H groups in total. The zero-order valence-corrected chi connectivity index (χ0v) is 22.4. The molecule has 0 saturated carbocycles. The van der Waals surface area contributed by atoms with Gasteiger partial charge in [-0.1, -0.05) is 17.7 Å². The van der Waals surface area contributed by atoms with Crippen LogP contribution in [-0.2, 0) is 33.7 Å². The van der Waals surface area contributed by atoms with E-state index < -0.39 is 34.6 Å². The van der Waals surface area contributed by atoms with E-state index >= 15 is 0 Å². The zero-order valence-electron chi connectivity index (χ0n) is 20.8. The predicted molar refractivity (Wildman–Crippen MR) is 140 cm³/mol. The molecule has 0 radical (unpaired) electrons. The van der Waals surface area contributed by atoms with Crippen LogP contribution in [0.3, 0.4) is 0 Å². The summed E-state index contributed by atoms with van der Waals surface area (Å²) in [6.45, 7) is 0.482. The number of aryl methyl sites for hydroxylation is 2. The normalized spacial score (nSPS) is 18.8. The Morgan fingerprint density at radius 3 is 2.87 bits per heavy atom. The standard InChI is InChI=1S/C26H24ClF2N5O4S/c1-38-26(37)19-22(13-4-7-17-14(11-13)12-34(33-17)9-2-3-18(35)36)31-24(25-30-8-10-39-25)32-23(19)15-5-6-16(28)21(29)20(15)27/h5-6,8,10,12-13,23H,2-4,7,9,11H2,1H3,(H,31,32)(H,35,36). The molecule has 39 heavy (non-hydrogen) atoms. The summed E-state index contributed by atoms with van der Waals surface area (Å²) < 4.78 is 35.3. The molecule has 2 aromatic heterocycles. The third-order valence-corrected chi connectivity index (χ3v) is 7.95. The molecule has 1 aliphatic carbocycles. The molecular weight excluding hydrogens is 552 g/mol. The van der Waals surface area contributed by atoms with E-state index in [2.05, 4.69) is 20.4 Å². The quantitative estimate of drug-likeness (QED) is 0.301. The lowest BCUT2D eigenvalue weighted by atomic mass is 9.81. The summed E-state index contributed by atoms with van der Waals surface area (Å²) in [5, 5.41) is 18.7. The van der Waals surface area contributed by atoms with Crippen LogP contribution in [0.2, 0.25) is 5.02 Å². The third-order valence-electron chi connectivity index (χ3n) is 6.78. The van der Waals surface area contributed by atoms with Crippen molar-refractivity contribution in [2.45, 2.75) is 44.7 Å². The number of thiazole rings is 1. The molecule has 3 aromatic rings. The van der Waals surface area contributed by atoms with E-state index in [1.807, 2.05) is 6.20 Å². The van der Waals surface area contributed by atoms with Crippen molar-refractivity contribution in [2.75, 3.05) is 7.11 Å². The van der Waals surface area contributed by atoms with Crippen LogP contribution in [0.4, 0.5) is 8.78 Å². The number of amidine groups is 1. The monoisotopic (exact) mass is 575 g/mol. The fourth-order valence-electron chi connectivity index (χ4n) is 4.96. The van der Waals surface area contributed by atoms with Gasteiger partial charge in [0.15, 0.2) is 22.5 Å². The molecule has 5 rings (SSSR count). The maximum absolute atomic E-state index is 14.5. The SMILES string of the molecule is COC(=O)C1=C(C2CCc3nn(CCCC(=O)O)cc3C2)NC(c2nccs2)=NC1c1ccc(F)c(F)c1Cl. The second-order valence-corrected chi connectivity index (χ2v) is 10.5. The number of fused-ring (bicyclic) bond motifs is 1. The van der Waals surface area contributed by atoms with Crippen LogP contribution in [-0.4, -0.2) is 44.8 Å². The van der Waals surface area contributed by atoms with Crippen LogP contribution in [0.25, 0.3) is 0 Å². The minimum Gasteiger partial charge on any atom is -0.481 e. The number of hydrogen-bond acceptors (Lipinski definition) is 8. The lowest BCUT2D eigenvalue weighted by molar-refractivity contribution is -0.137. The topological polar surface area (TPSA) is 119 Å². The first-order chi connectivity index (χ1) is 18.8. The molecule has 2 atom stereocenters. The number of aromatic nitrogens is 3. The highest BCUT2D eigenvalue weighted by Gasteiger charge is 2.38. The highest BCUT2D eigenvalue weighted by Crippen LogP contribution is 2.41. The summed E-state index contributed by atoms with van der Waals surface area (Å²) in [7, 11) is 1.25. The van der Waals surface area contributed by atoms with Gasteiger partial charge in [0.25, 0.3) is 0 Å². The van der Waals surface area contributed by atoms with Gasteiger partial charge in [0.05, 0.1) is 23.4 Å². The largest absolute Gasteiger partial charge is 0.481 e. The van der Waals surface area contributed by atoms with E-state index in [0.717, 1.165) is 17.3 Å². The van der Waals surface area contributed by atoms with E-state index in [9.17, 15) is 18.4 Å². The van der Waals surface area contributed by atoms with Crippen LogP contribution >= 0.6 is 22.9 Å². The van der Waals surface area contributed by atoms with Gasteiger partial charge in [0, 0.05) is 47.9 Å². The van der Waals surface area contributed by atoms with Gasteiger partial charge in [0.1, 0.15) is 6.04 Å². The van der Waals surface area contributed by atoms with Crippen molar-refractivity contribution in [3.05, 3.63) is 79.7 Å². The van der Waals surface area contributed by atoms with Crippen LogP contribution in [0, 0.1) is 17.6 Å². The van der Waals surface area contributed by atoms with Gasteiger partial charge in [0.2, 0.25) is 0 Å². The summed E-state index contributed by atoms with van der Waals surface area (Å²) in [5.41, 5.74) is 2.75. The van der Waals surface area contributed by atoms with E-state index in [0.29, 0.717) is 48.8 Å². The highest BCUT2D eigenvalue weighted by molar-refractivity contribution is 7.11. The number of carboxylic acid groups (broad SMARTS) is 1. The first-order valence-electron chi connectivity index (χ1n) is 12.2. The van der Waals surface area contributed by atoms with Crippen molar-refractivity contribution in [1.82, 2.24) is 20.1 Å². The number of halogens is 3. The number of nitrogens with one attached hydrogen (secondary N) is 1. The lowest BCUT2D eigenvalue weighted by Crippen LogP contribution is -2.38. The zero-order chi connectivity index (χ0) is 27.7. The molecule has 13 heteroatoms. The Kier molecular flexibility index (Phi) is 7.76. The molecule has 1 aliphatic heterocycles. The van der Waals surface area contributed by atoms with Crippen molar-refractivity contribution in [2.24, 2.45) is 10.9 Å². The van der Waals surface area contributed by atoms with Gasteiger partial charge in [-0.25, -0.2) is 18.6 Å². The fraction of sp³-hybridized carbons (Fsp3) is 0.346. The van der Waals surface area contributed by atoms with Crippen molar-refractivity contribution >= 4 is 40.7 Å². The van der Waals surface area contributed by atoms with Crippen LogP contribution < -0.4 is 5.32 Å². The Labute approximate surface area is 231 Å². The summed E-state index contributed by atoms with van der Waals surface area (Å²) in [6, 6.07) is 1.22. The van der Waals surface area contributed by atoms with Crippen LogP contribution in [0.15, 0.2) is 46.2 Å². The molecule has 1 aromatic carbocycles. The molecule has 3 heterocycles. The Hall–Kier alpha value is -3.64. The number of carboxylic acids is 1. The van der Waals surface area contributed by atoms with Crippen molar-refractivity contribution in [3.8, 4) is 0 Å². The summed E-state index contributed by atoms with van der Waals surface area (Å²) in [4.78, 5) is 33.1. The summed E-state index contributed by atoms with van der Waals surface area (Å²) in [5.74, 6) is -3.65. The smallest absolute Gasteiger partial charge is 0.338 e. The number of carbonyl (C=O) groups is 2. The van der Waals surface area contributed by atoms with E-state index in [1.54, 1.807) is 16.3 Å². The molecule has 2 unspecified atom stereocenters. The van der Waals surface area contributed by atoms with Crippen LogP contribution in [0.1, 0.15) is 47.1 Å². The third kappa shape index (κ3) is 5.44. The predicted octanol–water partition coefficient (Wildman–Crippen LogP) is 4.46. The van der Waals surface area contributed by atoms with Gasteiger partial charge in [-0.2, -0.15) is 5.10 Å². The van der Waals surface area contributed by atoms with Crippen molar-refractivity contribution in [3.63, 3.8) is 0 Å². The maximum atomic E-state index is 14.5. The molecule has 204 valence electrons. The minimum atomic E-state index is -1.22.